The van der Waals surface area contributed by atoms with Crippen LogP contribution in [-0.2, 0) is 4.79 Å². The molecule has 1 saturated heterocycles. The fourth-order valence-corrected chi connectivity index (χ4v) is 3.69. The lowest BCUT2D eigenvalue weighted by molar-refractivity contribution is -0.117. The highest BCUT2D eigenvalue weighted by molar-refractivity contribution is 8.23. The average molecular weight is 374 g/mol. The van der Waals surface area contributed by atoms with Crippen molar-refractivity contribution in [3.63, 3.8) is 0 Å². The number of benzene rings is 2. The number of para-hydroxylation sites is 2. The van der Waals surface area contributed by atoms with Crippen molar-refractivity contribution in [1.29, 1.82) is 0 Å². The second-order valence-electron chi connectivity index (χ2n) is 5.10. The molecule has 3 rings (SSSR count). The smallest absolute Gasteiger partial charge is 0.256 e. The molecule has 1 fully saturated rings. The highest BCUT2D eigenvalue weighted by Crippen LogP contribution is 2.21. The van der Waals surface area contributed by atoms with Crippen LogP contribution in [0.3, 0.4) is 0 Å². The van der Waals surface area contributed by atoms with Crippen LogP contribution in [0.5, 0.6) is 0 Å². The van der Waals surface area contributed by atoms with Crippen LogP contribution in [0, 0.1) is 0 Å². The van der Waals surface area contributed by atoms with Crippen molar-refractivity contribution in [1.82, 2.24) is 5.32 Å². The quantitative estimate of drug-likeness (QED) is 0.801. The normalized spacial score (nSPS) is 16.8. The van der Waals surface area contributed by atoms with Crippen molar-refractivity contribution in [3.8, 4) is 0 Å². The lowest BCUT2D eigenvalue weighted by Gasteiger charge is -2.14. The van der Waals surface area contributed by atoms with Crippen LogP contribution in [0.4, 0.5) is 11.4 Å². The van der Waals surface area contributed by atoms with E-state index in [0.717, 1.165) is 11.4 Å². The predicted octanol–water partition coefficient (Wildman–Crippen LogP) is 3.41. The molecule has 1 amide bonds. The maximum atomic E-state index is 12.6. The molecule has 0 spiro atoms. The zero-order valence-corrected chi connectivity index (χ0v) is 15.1. The van der Waals surface area contributed by atoms with Gasteiger partial charge in [-0.25, -0.2) is 0 Å². The zero-order chi connectivity index (χ0) is 16.9. The van der Waals surface area contributed by atoms with Gasteiger partial charge in [0.05, 0.1) is 5.69 Å². The van der Waals surface area contributed by atoms with Crippen LogP contribution in [0.1, 0.15) is 0 Å². The molecule has 2 aromatic rings. The number of anilines is 2. The molecular formula is C17H15N3OS3. The van der Waals surface area contributed by atoms with Crippen molar-refractivity contribution in [2.75, 3.05) is 16.0 Å². The number of thioether (sulfide) groups is 1. The minimum Gasteiger partial charge on any atom is -0.349 e. The van der Waals surface area contributed by atoms with Gasteiger partial charge in [0.2, 0.25) is 0 Å². The van der Waals surface area contributed by atoms with Gasteiger partial charge in [-0.15, -0.1) is 0 Å². The minimum absolute atomic E-state index is 0.0544. The first-order valence-corrected chi connectivity index (χ1v) is 9.14. The first-order chi connectivity index (χ1) is 11.6. The lowest BCUT2D eigenvalue weighted by Crippen LogP contribution is -2.33. The van der Waals surface area contributed by atoms with E-state index in [2.05, 4.69) is 10.6 Å². The molecule has 1 unspecified atom stereocenters. The van der Waals surface area contributed by atoms with Crippen molar-refractivity contribution >= 4 is 62.9 Å². The van der Waals surface area contributed by atoms with Gasteiger partial charge >= 0.3 is 0 Å². The van der Waals surface area contributed by atoms with Crippen LogP contribution in [0.2, 0.25) is 0 Å². The van der Waals surface area contributed by atoms with E-state index in [1.165, 1.54) is 16.7 Å². The Labute approximate surface area is 155 Å². The summed E-state index contributed by atoms with van der Waals surface area (Å²) in [6.45, 7) is 0. The van der Waals surface area contributed by atoms with Gasteiger partial charge in [0.15, 0.2) is 5.11 Å². The molecule has 0 aliphatic carbocycles. The highest BCUT2D eigenvalue weighted by atomic mass is 32.2. The Bertz CT molecular complexity index is 752. The molecule has 1 heterocycles. The second-order valence-corrected chi connectivity index (χ2v) is 7.18. The number of amides is 1. The summed E-state index contributed by atoms with van der Waals surface area (Å²) in [5.41, 5.74) is 1.71. The van der Waals surface area contributed by atoms with Crippen molar-refractivity contribution in [2.45, 2.75) is 6.04 Å². The summed E-state index contributed by atoms with van der Waals surface area (Å²) in [6.07, 6.45) is 0. The third-order valence-corrected chi connectivity index (χ3v) is 5.06. The Balaban J connectivity index is 1.58. The summed E-state index contributed by atoms with van der Waals surface area (Å²) in [6, 6.07) is 18.7. The molecule has 1 aliphatic heterocycles. The van der Waals surface area contributed by atoms with Gasteiger partial charge in [-0.05, 0) is 36.5 Å². The van der Waals surface area contributed by atoms with Gasteiger partial charge in [0, 0.05) is 11.4 Å². The largest absolute Gasteiger partial charge is 0.349 e. The van der Waals surface area contributed by atoms with Gasteiger partial charge in [0.25, 0.3) is 5.91 Å². The number of thiocarbonyl (C=S) groups is 2. The minimum atomic E-state index is -0.377. The summed E-state index contributed by atoms with van der Waals surface area (Å²) in [4.78, 5) is 14.1. The van der Waals surface area contributed by atoms with E-state index in [1.807, 2.05) is 60.7 Å². The van der Waals surface area contributed by atoms with E-state index in [4.69, 9.17) is 24.4 Å². The molecular weight excluding hydrogens is 358 g/mol. The Morgan fingerprint density at radius 3 is 2.42 bits per heavy atom. The highest BCUT2D eigenvalue weighted by Gasteiger charge is 2.36. The Hall–Kier alpha value is -1.96. The number of carbonyl (C=O) groups excluding carboxylic acids is 1. The molecule has 0 saturated carbocycles. The van der Waals surface area contributed by atoms with Crippen LogP contribution in [-0.4, -0.2) is 27.1 Å². The van der Waals surface area contributed by atoms with E-state index >= 15 is 0 Å². The number of rotatable bonds is 4. The van der Waals surface area contributed by atoms with Gasteiger partial charge in [-0.2, -0.15) is 0 Å². The summed E-state index contributed by atoms with van der Waals surface area (Å²) < 4.78 is 0.625. The van der Waals surface area contributed by atoms with Crippen LogP contribution in [0.25, 0.3) is 0 Å². The van der Waals surface area contributed by atoms with Crippen LogP contribution < -0.4 is 15.5 Å². The first kappa shape index (κ1) is 16.9. The average Bonchev–Trinajstić information content (AvgIpc) is 2.88. The predicted molar refractivity (Wildman–Crippen MR) is 109 cm³/mol. The van der Waals surface area contributed by atoms with E-state index in [1.54, 1.807) is 0 Å². The van der Waals surface area contributed by atoms with E-state index < -0.39 is 0 Å². The summed E-state index contributed by atoms with van der Waals surface area (Å²) in [5, 5.41) is 6.64. The van der Waals surface area contributed by atoms with Crippen molar-refractivity contribution < 1.29 is 4.79 Å². The van der Waals surface area contributed by atoms with Crippen molar-refractivity contribution in [3.05, 3.63) is 60.7 Å². The second kappa shape index (κ2) is 7.74. The molecule has 0 aromatic heterocycles. The summed E-state index contributed by atoms with van der Waals surface area (Å²) in [7, 11) is 0. The first-order valence-electron chi connectivity index (χ1n) is 7.33. The zero-order valence-electron chi connectivity index (χ0n) is 12.6. The molecule has 24 heavy (non-hydrogen) atoms. The monoisotopic (exact) mass is 373 g/mol. The maximum Gasteiger partial charge on any atom is 0.256 e. The third-order valence-electron chi connectivity index (χ3n) is 3.43. The Morgan fingerprint density at radius 2 is 1.75 bits per heavy atom. The maximum absolute atomic E-state index is 12.6. The number of hydrogen-bond acceptors (Lipinski definition) is 4. The van der Waals surface area contributed by atoms with Gasteiger partial charge in [-0.3, -0.25) is 9.69 Å². The SMILES string of the molecule is O=C1C(CSC(=S)Nc2ccccc2)NC(=S)N1c1ccccc1. The molecule has 2 N–H and O–H groups in total. The number of nitrogens with zero attached hydrogens (tertiary/aromatic N) is 1. The molecule has 122 valence electrons. The molecule has 1 atom stereocenters. The molecule has 0 bridgehead atoms. The fraction of sp³-hybridized carbons (Fsp3) is 0.118. The lowest BCUT2D eigenvalue weighted by atomic mass is 10.3. The summed E-state index contributed by atoms with van der Waals surface area (Å²) >= 11 is 12.0. The Kier molecular flexibility index (Phi) is 5.44. The topological polar surface area (TPSA) is 44.4 Å². The van der Waals surface area contributed by atoms with Gasteiger partial charge < -0.3 is 10.6 Å². The van der Waals surface area contributed by atoms with Gasteiger partial charge in [-0.1, -0.05) is 60.4 Å². The molecule has 4 nitrogen and oxygen atoms in total. The van der Waals surface area contributed by atoms with Crippen molar-refractivity contribution in [2.24, 2.45) is 0 Å². The molecule has 1 aliphatic rings. The van der Waals surface area contributed by atoms with Crippen LogP contribution in [0.15, 0.2) is 60.7 Å². The number of nitrogens with one attached hydrogen (secondary N) is 2. The summed E-state index contributed by atoms with van der Waals surface area (Å²) in [5.74, 6) is 0.460. The standard InChI is InChI=1S/C17H15N3OS3/c21-15-14(11-24-17(23)18-12-7-3-1-4-8-12)19-16(22)20(15)13-9-5-2-6-10-13/h1-10,14H,11H2,(H,18,23)(H,19,22). The number of hydrogen-bond donors (Lipinski definition) is 2. The third kappa shape index (κ3) is 3.92. The fourth-order valence-electron chi connectivity index (χ4n) is 2.30. The molecule has 0 radical (unpaired) electrons. The number of carbonyl (C=O) groups is 1. The van der Waals surface area contributed by atoms with E-state index in [-0.39, 0.29) is 11.9 Å². The van der Waals surface area contributed by atoms with E-state index in [9.17, 15) is 4.79 Å². The van der Waals surface area contributed by atoms with Crippen LogP contribution >= 0.6 is 36.2 Å². The Morgan fingerprint density at radius 1 is 1.12 bits per heavy atom. The molecule has 2 aromatic carbocycles. The van der Waals surface area contributed by atoms with E-state index in [0.29, 0.717) is 15.2 Å². The molecule has 7 heteroatoms. The van der Waals surface area contributed by atoms with Gasteiger partial charge in [0.1, 0.15) is 10.4 Å².